The minimum Gasteiger partial charge on any atom is -0.295 e. The van der Waals surface area contributed by atoms with Crippen molar-refractivity contribution in [2.75, 3.05) is 26.7 Å². The Morgan fingerprint density at radius 3 is 2.32 bits per heavy atom. The molecule has 0 N–H and O–H groups in total. The van der Waals surface area contributed by atoms with Gasteiger partial charge in [-0.05, 0) is 25.6 Å². The number of hydrogen-bond donors (Lipinski definition) is 0. The summed E-state index contributed by atoms with van der Waals surface area (Å²) < 4.78 is 0. The molecule has 4 heteroatoms. The molecule has 0 saturated carbocycles. The Morgan fingerprint density at radius 2 is 1.79 bits per heavy atom. The monoisotopic (exact) mass is 256 g/mol. The summed E-state index contributed by atoms with van der Waals surface area (Å²) in [5.74, 6) is 2.17. The van der Waals surface area contributed by atoms with Crippen molar-refractivity contribution in [1.29, 1.82) is 0 Å². The maximum Gasteiger partial charge on any atom is 0.261 e. The van der Waals surface area contributed by atoms with Crippen molar-refractivity contribution in [3.63, 3.8) is 0 Å². The fourth-order valence-electron chi connectivity index (χ4n) is 2.18. The van der Waals surface area contributed by atoms with E-state index in [-0.39, 0.29) is 11.8 Å². The number of benzene rings is 1. The molecule has 1 heterocycles. The highest BCUT2D eigenvalue weighted by Crippen LogP contribution is 2.22. The number of terminal acetylenes is 1. The summed E-state index contributed by atoms with van der Waals surface area (Å²) in [5, 5.41) is 0. The van der Waals surface area contributed by atoms with Crippen LogP contribution >= 0.6 is 0 Å². The lowest BCUT2D eigenvalue weighted by atomic mass is 10.1. The zero-order valence-corrected chi connectivity index (χ0v) is 10.9. The molecular formula is C15H16N2O2. The molecule has 4 nitrogen and oxygen atoms in total. The second-order valence-electron chi connectivity index (χ2n) is 4.60. The van der Waals surface area contributed by atoms with Crippen LogP contribution in [0, 0.1) is 12.3 Å². The highest BCUT2D eigenvalue weighted by atomic mass is 16.2. The van der Waals surface area contributed by atoms with E-state index in [0.717, 1.165) is 13.0 Å². The van der Waals surface area contributed by atoms with E-state index in [1.807, 2.05) is 11.9 Å². The van der Waals surface area contributed by atoms with E-state index in [1.54, 1.807) is 24.3 Å². The number of imide groups is 1. The van der Waals surface area contributed by atoms with Crippen molar-refractivity contribution in [2.24, 2.45) is 0 Å². The molecule has 0 spiro atoms. The molecule has 0 aromatic heterocycles. The molecule has 1 aliphatic rings. The van der Waals surface area contributed by atoms with Crippen LogP contribution < -0.4 is 0 Å². The predicted molar refractivity (Wildman–Crippen MR) is 72.8 cm³/mol. The van der Waals surface area contributed by atoms with Gasteiger partial charge in [0.2, 0.25) is 0 Å². The number of rotatable bonds is 5. The normalized spacial score (nSPS) is 13.8. The first kappa shape index (κ1) is 13.3. The molecule has 1 aromatic rings. The Labute approximate surface area is 113 Å². The molecule has 0 atom stereocenters. The van der Waals surface area contributed by atoms with Crippen molar-refractivity contribution >= 4 is 11.8 Å². The summed E-state index contributed by atoms with van der Waals surface area (Å²) in [6.07, 6.45) is 5.94. The Kier molecular flexibility index (Phi) is 3.98. The zero-order chi connectivity index (χ0) is 13.8. The third-order valence-corrected chi connectivity index (χ3v) is 3.16. The van der Waals surface area contributed by atoms with Crippen LogP contribution in [0.5, 0.6) is 0 Å². The topological polar surface area (TPSA) is 40.6 Å². The first-order valence-corrected chi connectivity index (χ1v) is 6.22. The van der Waals surface area contributed by atoms with Gasteiger partial charge in [-0.2, -0.15) is 0 Å². The van der Waals surface area contributed by atoms with Crippen LogP contribution in [-0.4, -0.2) is 48.3 Å². The fourth-order valence-corrected chi connectivity index (χ4v) is 2.18. The van der Waals surface area contributed by atoms with Gasteiger partial charge in [0.15, 0.2) is 0 Å². The van der Waals surface area contributed by atoms with Gasteiger partial charge in [0.25, 0.3) is 11.8 Å². The highest BCUT2D eigenvalue weighted by molar-refractivity contribution is 6.21. The smallest absolute Gasteiger partial charge is 0.261 e. The van der Waals surface area contributed by atoms with E-state index in [0.29, 0.717) is 24.2 Å². The molecule has 0 fully saturated rings. The molecule has 1 aromatic carbocycles. The van der Waals surface area contributed by atoms with Crippen molar-refractivity contribution in [3.05, 3.63) is 35.4 Å². The quantitative estimate of drug-likeness (QED) is 0.588. The molecule has 2 rings (SSSR count). The van der Waals surface area contributed by atoms with E-state index in [4.69, 9.17) is 6.42 Å². The summed E-state index contributed by atoms with van der Waals surface area (Å²) in [7, 11) is 1.92. The van der Waals surface area contributed by atoms with Crippen molar-refractivity contribution in [3.8, 4) is 12.3 Å². The number of carbonyl (C=O) groups excluding carboxylic acids is 2. The van der Waals surface area contributed by atoms with Crippen LogP contribution in [0.1, 0.15) is 27.1 Å². The van der Waals surface area contributed by atoms with Gasteiger partial charge in [-0.3, -0.25) is 19.4 Å². The van der Waals surface area contributed by atoms with Crippen LogP contribution in [0.2, 0.25) is 0 Å². The summed E-state index contributed by atoms with van der Waals surface area (Å²) in [6, 6.07) is 6.93. The number of fused-ring (bicyclic) bond motifs is 1. The van der Waals surface area contributed by atoms with E-state index in [2.05, 4.69) is 5.92 Å². The van der Waals surface area contributed by atoms with E-state index in [1.165, 1.54) is 4.90 Å². The summed E-state index contributed by atoms with van der Waals surface area (Å²) in [6.45, 7) is 1.76. The van der Waals surface area contributed by atoms with Gasteiger partial charge < -0.3 is 0 Å². The number of nitrogens with zero attached hydrogens (tertiary/aromatic N) is 2. The van der Waals surface area contributed by atoms with Gasteiger partial charge in [0, 0.05) is 13.1 Å². The standard InChI is InChI=1S/C15H16N2O2/c1-3-9-16(2)10-6-11-17-14(18)12-7-4-5-8-13(12)15(17)19/h1,4-5,7-8H,6,9-11H2,2H3. The molecule has 98 valence electrons. The van der Waals surface area contributed by atoms with Gasteiger partial charge in [-0.15, -0.1) is 6.42 Å². The summed E-state index contributed by atoms with van der Waals surface area (Å²) in [5.41, 5.74) is 1.01. The second kappa shape index (κ2) is 5.68. The largest absolute Gasteiger partial charge is 0.295 e. The minimum absolute atomic E-state index is 0.194. The molecule has 0 unspecified atom stereocenters. The number of amides is 2. The van der Waals surface area contributed by atoms with Crippen LogP contribution in [0.3, 0.4) is 0 Å². The van der Waals surface area contributed by atoms with E-state index >= 15 is 0 Å². The molecule has 2 amide bonds. The average Bonchev–Trinajstić information content (AvgIpc) is 2.65. The number of carbonyl (C=O) groups is 2. The fraction of sp³-hybridized carbons (Fsp3) is 0.333. The minimum atomic E-state index is -0.194. The van der Waals surface area contributed by atoms with Crippen LogP contribution in [-0.2, 0) is 0 Å². The lowest BCUT2D eigenvalue weighted by Crippen LogP contribution is -2.33. The second-order valence-corrected chi connectivity index (χ2v) is 4.60. The molecule has 0 aliphatic carbocycles. The third kappa shape index (κ3) is 2.67. The molecular weight excluding hydrogens is 240 g/mol. The van der Waals surface area contributed by atoms with Crippen LogP contribution in [0.4, 0.5) is 0 Å². The van der Waals surface area contributed by atoms with E-state index in [9.17, 15) is 9.59 Å². The Bertz CT molecular complexity index is 510. The first-order chi connectivity index (χ1) is 9.15. The Morgan fingerprint density at radius 1 is 1.21 bits per heavy atom. The molecule has 0 bridgehead atoms. The Balaban J connectivity index is 1.96. The highest BCUT2D eigenvalue weighted by Gasteiger charge is 2.34. The van der Waals surface area contributed by atoms with Gasteiger partial charge in [0.1, 0.15) is 0 Å². The summed E-state index contributed by atoms with van der Waals surface area (Å²) >= 11 is 0. The first-order valence-electron chi connectivity index (χ1n) is 6.22. The van der Waals surface area contributed by atoms with Gasteiger partial charge in [-0.25, -0.2) is 0 Å². The Hall–Kier alpha value is -2.12. The maximum atomic E-state index is 12.1. The number of hydrogen-bond acceptors (Lipinski definition) is 3. The molecule has 1 aliphatic heterocycles. The third-order valence-electron chi connectivity index (χ3n) is 3.16. The summed E-state index contributed by atoms with van der Waals surface area (Å²) in [4.78, 5) is 27.4. The van der Waals surface area contributed by atoms with Gasteiger partial charge >= 0.3 is 0 Å². The lowest BCUT2D eigenvalue weighted by Gasteiger charge is -2.17. The molecule has 0 saturated heterocycles. The van der Waals surface area contributed by atoms with Gasteiger partial charge in [0.05, 0.1) is 17.7 Å². The average molecular weight is 256 g/mol. The SMILES string of the molecule is C#CCN(C)CCCN1C(=O)c2ccccc2C1=O. The maximum absolute atomic E-state index is 12.1. The lowest BCUT2D eigenvalue weighted by molar-refractivity contribution is 0.0649. The van der Waals surface area contributed by atoms with Crippen molar-refractivity contribution in [1.82, 2.24) is 9.80 Å². The molecule has 0 radical (unpaired) electrons. The predicted octanol–water partition coefficient (Wildman–Crippen LogP) is 1.24. The van der Waals surface area contributed by atoms with Crippen LogP contribution in [0.15, 0.2) is 24.3 Å². The zero-order valence-electron chi connectivity index (χ0n) is 10.9. The van der Waals surface area contributed by atoms with Crippen LogP contribution in [0.25, 0.3) is 0 Å². The van der Waals surface area contributed by atoms with Crippen molar-refractivity contribution in [2.45, 2.75) is 6.42 Å². The van der Waals surface area contributed by atoms with Crippen molar-refractivity contribution < 1.29 is 9.59 Å². The molecule has 19 heavy (non-hydrogen) atoms. The van der Waals surface area contributed by atoms with E-state index < -0.39 is 0 Å². The van der Waals surface area contributed by atoms with Gasteiger partial charge in [-0.1, -0.05) is 18.1 Å².